The number of carbonyl (C=O) groups excluding carboxylic acids is 2. The fourth-order valence-electron chi connectivity index (χ4n) is 4.26. The van der Waals surface area contributed by atoms with Gasteiger partial charge in [0, 0.05) is 27.6 Å². The molecule has 2 aromatic heterocycles. The topological polar surface area (TPSA) is 72.6 Å². The zero-order chi connectivity index (χ0) is 24.7. The predicted molar refractivity (Wildman–Crippen MR) is 137 cm³/mol. The second-order valence-corrected chi connectivity index (χ2v) is 9.66. The Balaban J connectivity index is 1.83. The minimum absolute atomic E-state index is 0.172. The first kappa shape index (κ1) is 23.5. The van der Waals surface area contributed by atoms with Crippen LogP contribution in [0.4, 0.5) is 5.69 Å². The Bertz CT molecular complexity index is 1430. The predicted octanol–water partition coefficient (Wildman–Crippen LogP) is 6.56. The Hall–Kier alpha value is -3.19. The molecule has 6 nitrogen and oxygen atoms in total. The SMILES string of the molecule is CC(C)Cc1oc2nc(-c3ccccc3Cl)c(-c3ccc(Cl)cc3)cc2c1N1C(=O)COCC1=O. The number of hydrogen-bond acceptors (Lipinski definition) is 5. The molecule has 0 bridgehead atoms. The summed E-state index contributed by atoms with van der Waals surface area (Å²) < 4.78 is 11.3. The van der Waals surface area contributed by atoms with Gasteiger partial charge in [0.25, 0.3) is 11.8 Å². The van der Waals surface area contributed by atoms with Crippen molar-refractivity contribution in [2.45, 2.75) is 20.3 Å². The first-order valence-electron chi connectivity index (χ1n) is 11.2. The molecule has 1 saturated heterocycles. The van der Waals surface area contributed by atoms with E-state index in [1.165, 1.54) is 4.90 Å². The van der Waals surface area contributed by atoms with E-state index in [1.807, 2.05) is 50.2 Å². The number of anilines is 1. The number of carbonyl (C=O) groups is 2. The second kappa shape index (κ2) is 9.46. The maximum atomic E-state index is 12.8. The van der Waals surface area contributed by atoms with Gasteiger partial charge >= 0.3 is 0 Å². The van der Waals surface area contributed by atoms with Crippen LogP contribution in [0.15, 0.2) is 59.0 Å². The summed E-state index contributed by atoms with van der Waals surface area (Å²) >= 11 is 12.7. The fraction of sp³-hybridized carbons (Fsp3) is 0.222. The number of amides is 2. The van der Waals surface area contributed by atoms with Gasteiger partial charge in [0.15, 0.2) is 0 Å². The van der Waals surface area contributed by atoms with Crippen molar-refractivity contribution in [2.24, 2.45) is 5.92 Å². The van der Waals surface area contributed by atoms with Crippen LogP contribution >= 0.6 is 23.2 Å². The Kier molecular flexibility index (Phi) is 6.36. The van der Waals surface area contributed by atoms with Crippen molar-refractivity contribution in [3.63, 3.8) is 0 Å². The molecule has 3 heterocycles. The van der Waals surface area contributed by atoms with Crippen LogP contribution in [0.2, 0.25) is 10.0 Å². The Labute approximate surface area is 212 Å². The Morgan fingerprint density at radius 2 is 1.66 bits per heavy atom. The molecule has 5 rings (SSSR count). The maximum absolute atomic E-state index is 12.8. The van der Waals surface area contributed by atoms with E-state index in [9.17, 15) is 9.59 Å². The summed E-state index contributed by atoms with van der Waals surface area (Å²) in [4.78, 5) is 31.6. The molecule has 2 aromatic carbocycles. The molecular formula is C27H22Cl2N2O4. The van der Waals surface area contributed by atoms with Crippen LogP contribution < -0.4 is 4.90 Å². The van der Waals surface area contributed by atoms with Crippen molar-refractivity contribution in [1.82, 2.24) is 4.98 Å². The van der Waals surface area contributed by atoms with E-state index in [0.29, 0.717) is 44.7 Å². The largest absolute Gasteiger partial charge is 0.440 e. The molecule has 0 N–H and O–H groups in total. The number of nitrogens with zero attached hydrogens (tertiary/aromatic N) is 2. The summed E-state index contributed by atoms with van der Waals surface area (Å²) in [7, 11) is 0. The quantitative estimate of drug-likeness (QED) is 0.285. The Morgan fingerprint density at radius 1 is 0.971 bits per heavy atom. The summed E-state index contributed by atoms with van der Waals surface area (Å²) in [5.41, 5.74) is 3.75. The third-order valence-corrected chi connectivity index (χ3v) is 6.36. The third-order valence-electron chi connectivity index (χ3n) is 5.78. The van der Waals surface area contributed by atoms with E-state index in [0.717, 1.165) is 16.7 Å². The minimum atomic E-state index is -0.433. The van der Waals surface area contributed by atoms with E-state index in [2.05, 4.69) is 0 Å². The maximum Gasteiger partial charge on any atom is 0.259 e. The number of rotatable bonds is 5. The van der Waals surface area contributed by atoms with Crippen LogP contribution in [0.5, 0.6) is 0 Å². The molecule has 178 valence electrons. The van der Waals surface area contributed by atoms with E-state index in [-0.39, 0.29) is 19.1 Å². The zero-order valence-corrected chi connectivity index (χ0v) is 20.7. The fourth-order valence-corrected chi connectivity index (χ4v) is 4.62. The molecule has 0 aliphatic carbocycles. The van der Waals surface area contributed by atoms with Gasteiger partial charge in [-0.05, 0) is 35.7 Å². The molecular weight excluding hydrogens is 487 g/mol. The average molecular weight is 509 g/mol. The third kappa shape index (κ3) is 4.45. The monoisotopic (exact) mass is 508 g/mol. The lowest BCUT2D eigenvalue weighted by Gasteiger charge is -2.25. The molecule has 35 heavy (non-hydrogen) atoms. The van der Waals surface area contributed by atoms with Crippen LogP contribution in [0.1, 0.15) is 19.6 Å². The molecule has 4 aromatic rings. The van der Waals surface area contributed by atoms with Gasteiger partial charge in [0.05, 0.1) is 11.1 Å². The number of imide groups is 1. The number of pyridine rings is 1. The number of hydrogen-bond donors (Lipinski definition) is 0. The van der Waals surface area contributed by atoms with E-state index in [1.54, 1.807) is 18.2 Å². The highest BCUT2D eigenvalue weighted by atomic mass is 35.5. The average Bonchev–Trinajstić information content (AvgIpc) is 3.15. The molecule has 1 fully saturated rings. The van der Waals surface area contributed by atoms with Crippen LogP contribution in [0.25, 0.3) is 33.5 Å². The number of halogens is 2. The number of furan rings is 1. The number of aromatic nitrogens is 1. The van der Waals surface area contributed by atoms with Gasteiger partial charge in [-0.3, -0.25) is 9.59 Å². The van der Waals surface area contributed by atoms with Crippen LogP contribution in [0, 0.1) is 5.92 Å². The molecule has 0 spiro atoms. The van der Waals surface area contributed by atoms with Crippen molar-refractivity contribution in [1.29, 1.82) is 0 Å². The summed E-state index contributed by atoms with van der Waals surface area (Å²) in [5, 5.41) is 1.72. The number of fused-ring (bicyclic) bond motifs is 1. The van der Waals surface area contributed by atoms with Crippen molar-refractivity contribution in [3.8, 4) is 22.4 Å². The minimum Gasteiger partial charge on any atom is -0.440 e. The molecule has 1 aliphatic rings. The first-order valence-corrected chi connectivity index (χ1v) is 12.0. The molecule has 0 radical (unpaired) electrons. The lowest BCUT2D eigenvalue weighted by atomic mass is 9.97. The summed E-state index contributed by atoms with van der Waals surface area (Å²) in [6, 6.07) is 16.7. The molecule has 8 heteroatoms. The highest BCUT2D eigenvalue weighted by Gasteiger charge is 2.34. The highest BCUT2D eigenvalue weighted by Crippen LogP contribution is 2.42. The van der Waals surface area contributed by atoms with Crippen molar-refractivity contribution >= 4 is 51.8 Å². The first-order chi connectivity index (χ1) is 16.8. The standard InChI is InChI=1S/C27H22Cl2N2O4/c1-15(2)11-22-26(31-23(32)13-34-14-24(31)33)20-12-19(16-7-9-17(28)10-8-16)25(30-27(20)35-22)18-5-3-4-6-21(18)29/h3-10,12,15H,11,13-14H2,1-2H3. The van der Waals surface area contributed by atoms with Crippen molar-refractivity contribution in [2.75, 3.05) is 18.1 Å². The normalized spacial score (nSPS) is 14.4. The molecule has 2 amide bonds. The van der Waals surface area contributed by atoms with Gasteiger partial charge in [0.1, 0.15) is 24.7 Å². The van der Waals surface area contributed by atoms with Crippen LogP contribution in [0.3, 0.4) is 0 Å². The van der Waals surface area contributed by atoms with Gasteiger partial charge in [-0.25, -0.2) is 9.88 Å². The summed E-state index contributed by atoms with van der Waals surface area (Å²) in [6.07, 6.45) is 0.529. The summed E-state index contributed by atoms with van der Waals surface area (Å²) in [6.45, 7) is 3.74. The molecule has 0 atom stereocenters. The number of ether oxygens (including phenoxy) is 1. The van der Waals surface area contributed by atoms with Crippen LogP contribution in [-0.2, 0) is 20.7 Å². The zero-order valence-electron chi connectivity index (χ0n) is 19.2. The van der Waals surface area contributed by atoms with E-state index >= 15 is 0 Å². The molecule has 0 saturated carbocycles. The van der Waals surface area contributed by atoms with E-state index in [4.69, 9.17) is 37.3 Å². The molecule has 1 aliphatic heterocycles. The smallest absolute Gasteiger partial charge is 0.259 e. The molecule has 0 unspecified atom stereocenters. The van der Waals surface area contributed by atoms with Gasteiger partial charge in [-0.2, -0.15) is 0 Å². The number of morpholine rings is 1. The highest BCUT2D eigenvalue weighted by molar-refractivity contribution is 6.33. The Morgan fingerprint density at radius 3 is 2.31 bits per heavy atom. The second-order valence-electron chi connectivity index (χ2n) is 8.81. The lowest BCUT2D eigenvalue weighted by Crippen LogP contribution is -2.46. The van der Waals surface area contributed by atoms with Crippen molar-refractivity contribution in [3.05, 3.63) is 70.4 Å². The van der Waals surface area contributed by atoms with Gasteiger partial charge in [-0.1, -0.05) is 67.4 Å². The van der Waals surface area contributed by atoms with Gasteiger partial charge < -0.3 is 9.15 Å². The van der Waals surface area contributed by atoms with E-state index < -0.39 is 11.8 Å². The lowest BCUT2D eigenvalue weighted by molar-refractivity contribution is -0.138. The number of benzene rings is 2. The van der Waals surface area contributed by atoms with Crippen LogP contribution in [-0.4, -0.2) is 30.0 Å². The van der Waals surface area contributed by atoms with Gasteiger partial charge in [0.2, 0.25) is 5.71 Å². The summed E-state index contributed by atoms with van der Waals surface area (Å²) in [5.74, 6) is -0.113. The van der Waals surface area contributed by atoms with Crippen molar-refractivity contribution < 1.29 is 18.7 Å². The van der Waals surface area contributed by atoms with Gasteiger partial charge in [-0.15, -0.1) is 0 Å².